The molecule has 0 saturated heterocycles. The number of halogens is 1. The third-order valence-corrected chi connectivity index (χ3v) is 3.92. The summed E-state index contributed by atoms with van der Waals surface area (Å²) in [6.07, 6.45) is 1.94. The largest absolute Gasteiger partial charge is 0.383 e. The SMILES string of the molecule is Cc1ccc(-c2nc3c(C)cccn3c2N)c(Br)c1. The van der Waals surface area contributed by atoms with E-state index in [1.54, 1.807) is 0 Å². The smallest absolute Gasteiger partial charge is 0.142 e. The zero-order chi connectivity index (χ0) is 13.6. The molecule has 2 heterocycles. The summed E-state index contributed by atoms with van der Waals surface area (Å²) in [6.45, 7) is 4.10. The van der Waals surface area contributed by atoms with Crippen LogP contribution >= 0.6 is 15.9 Å². The molecule has 3 rings (SSSR count). The standard InChI is InChI=1S/C15H14BrN3/c1-9-5-6-11(12(16)8-9)13-14(17)19-7-3-4-10(2)15(19)18-13/h3-8H,17H2,1-2H3. The third kappa shape index (κ3) is 1.92. The molecule has 0 bridgehead atoms. The van der Waals surface area contributed by atoms with Crippen molar-refractivity contribution in [1.82, 2.24) is 9.38 Å². The molecule has 0 fully saturated rings. The van der Waals surface area contributed by atoms with E-state index in [-0.39, 0.29) is 0 Å². The fraction of sp³-hybridized carbons (Fsp3) is 0.133. The van der Waals surface area contributed by atoms with Gasteiger partial charge in [-0.1, -0.05) is 34.1 Å². The predicted octanol–water partition coefficient (Wildman–Crippen LogP) is 3.96. The highest BCUT2D eigenvalue weighted by molar-refractivity contribution is 9.10. The van der Waals surface area contributed by atoms with Crippen LogP contribution in [0.3, 0.4) is 0 Å². The van der Waals surface area contributed by atoms with Gasteiger partial charge in [-0.15, -0.1) is 0 Å². The summed E-state index contributed by atoms with van der Waals surface area (Å²) < 4.78 is 2.94. The second-order valence-electron chi connectivity index (χ2n) is 4.71. The monoisotopic (exact) mass is 315 g/mol. The molecule has 19 heavy (non-hydrogen) atoms. The number of aromatic nitrogens is 2. The highest BCUT2D eigenvalue weighted by atomic mass is 79.9. The molecule has 0 radical (unpaired) electrons. The van der Waals surface area contributed by atoms with Gasteiger partial charge in [-0.25, -0.2) is 4.98 Å². The van der Waals surface area contributed by atoms with Crippen LogP contribution in [-0.4, -0.2) is 9.38 Å². The number of benzene rings is 1. The number of nitrogen functional groups attached to an aromatic ring is 1. The maximum absolute atomic E-state index is 6.23. The lowest BCUT2D eigenvalue weighted by Gasteiger charge is -2.03. The fourth-order valence-electron chi connectivity index (χ4n) is 2.23. The van der Waals surface area contributed by atoms with Gasteiger partial charge in [-0.2, -0.15) is 0 Å². The van der Waals surface area contributed by atoms with Crippen LogP contribution in [0.5, 0.6) is 0 Å². The van der Waals surface area contributed by atoms with Gasteiger partial charge < -0.3 is 5.73 Å². The summed E-state index contributed by atoms with van der Waals surface area (Å²) in [5.41, 5.74) is 11.3. The molecule has 2 N–H and O–H groups in total. The molecule has 0 spiro atoms. The first-order valence-corrected chi connectivity index (χ1v) is 6.87. The van der Waals surface area contributed by atoms with Crippen LogP contribution in [0, 0.1) is 13.8 Å². The second-order valence-corrected chi connectivity index (χ2v) is 5.57. The Morgan fingerprint density at radius 1 is 1.21 bits per heavy atom. The van der Waals surface area contributed by atoms with E-state index in [2.05, 4.69) is 40.0 Å². The number of pyridine rings is 1. The molecule has 1 aromatic carbocycles. The Balaban J connectivity index is 2.31. The zero-order valence-corrected chi connectivity index (χ0v) is 12.4. The van der Waals surface area contributed by atoms with Crippen molar-refractivity contribution in [1.29, 1.82) is 0 Å². The van der Waals surface area contributed by atoms with Crippen molar-refractivity contribution in [3.63, 3.8) is 0 Å². The summed E-state index contributed by atoms with van der Waals surface area (Å²) in [5, 5.41) is 0. The van der Waals surface area contributed by atoms with Gasteiger partial charge in [0, 0.05) is 16.2 Å². The van der Waals surface area contributed by atoms with Crippen LogP contribution in [0.25, 0.3) is 16.9 Å². The van der Waals surface area contributed by atoms with Crippen LogP contribution in [0.4, 0.5) is 5.82 Å². The van der Waals surface area contributed by atoms with Crippen molar-refractivity contribution in [2.45, 2.75) is 13.8 Å². The molecule has 4 heteroatoms. The summed E-state index contributed by atoms with van der Waals surface area (Å²) in [7, 11) is 0. The van der Waals surface area contributed by atoms with Crippen molar-refractivity contribution in [2.75, 3.05) is 5.73 Å². The van der Waals surface area contributed by atoms with Gasteiger partial charge in [0.2, 0.25) is 0 Å². The maximum Gasteiger partial charge on any atom is 0.142 e. The Morgan fingerprint density at radius 2 is 2.00 bits per heavy atom. The maximum atomic E-state index is 6.23. The van der Waals surface area contributed by atoms with E-state index in [1.165, 1.54) is 5.56 Å². The zero-order valence-electron chi connectivity index (χ0n) is 10.8. The lowest BCUT2D eigenvalue weighted by Crippen LogP contribution is -1.94. The number of hydrogen-bond donors (Lipinski definition) is 1. The summed E-state index contributed by atoms with van der Waals surface area (Å²) in [6, 6.07) is 10.2. The molecule has 0 aliphatic rings. The van der Waals surface area contributed by atoms with Crippen LogP contribution in [0.15, 0.2) is 41.0 Å². The van der Waals surface area contributed by atoms with Crippen LogP contribution in [0.1, 0.15) is 11.1 Å². The minimum atomic E-state index is 0.670. The lowest BCUT2D eigenvalue weighted by molar-refractivity contribution is 1.17. The van der Waals surface area contributed by atoms with Crippen LogP contribution in [-0.2, 0) is 0 Å². The van der Waals surface area contributed by atoms with E-state index >= 15 is 0 Å². The molecular weight excluding hydrogens is 302 g/mol. The van der Waals surface area contributed by atoms with Gasteiger partial charge in [-0.3, -0.25) is 4.40 Å². The van der Waals surface area contributed by atoms with Gasteiger partial charge >= 0.3 is 0 Å². The summed E-state index contributed by atoms with van der Waals surface area (Å²) in [5.74, 6) is 0.670. The molecule has 0 atom stereocenters. The van der Waals surface area contributed by atoms with Crippen molar-refractivity contribution in [3.05, 3.63) is 52.1 Å². The Bertz CT molecular complexity index is 774. The van der Waals surface area contributed by atoms with Crippen LogP contribution < -0.4 is 5.73 Å². The average molecular weight is 316 g/mol. The minimum Gasteiger partial charge on any atom is -0.383 e. The molecule has 2 aromatic heterocycles. The van der Waals surface area contributed by atoms with Crippen LogP contribution in [0.2, 0.25) is 0 Å². The molecule has 96 valence electrons. The number of nitrogens with two attached hydrogens (primary N) is 1. The number of rotatable bonds is 1. The Kier molecular flexibility index (Phi) is 2.82. The summed E-state index contributed by atoms with van der Waals surface area (Å²) in [4.78, 5) is 4.68. The van der Waals surface area contributed by atoms with Gasteiger partial charge in [-0.05, 0) is 37.1 Å². The van der Waals surface area contributed by atoms with Gasteiger partial charge in [0.15, 0.2) is 0 Å². The molecule has 0 unspecified atom stereocenters. The molecule has 0 aliphatic heterocycles. The third-order valence-electron chi connectivity index (χ3n) is 3.26. The number of aryl methyl sites for hydroxylation is 2. The minimum absolute atomic E-state index is 0.670. The number of hydrogen-bond acceptors (Lipinski definition) is 2. The molecule has 0 amide bonds. The van der Waals surface area contributed by atoms with E-state index in [0.29, 0.717) is 5.82 Å². The normalized spacial score (nSPS) is 11.1. The Hall–Kier alpha value is -1.81. The van der Waals surface area contributed by atoms with Gasteiger partial charge in [0.1, 0.15) is 17.2 Å². The van der Waals surface area contributed by atoms with E-state index < -0.39 is 0 Å². The molecule has 3 nitrogen and oxygen atoms in total. The highest BCUT2D eigenvalue weighted by Gasteiger charge is 2.14. The van der Waals surface area contributed by atoms with Crippen molar-refractivity contribution in [2.24, 2.45) is 0 Å². The van der Waals surface area contributed by atoms with E-state index in [9.17, 15) is 0 Å². The predicted molar refractivity (Wildman–Crippen MR) is 82.2 cm³/mol. The Morgan fingerprint density at radius 3 is 2.68 bits per heavy atom. The second kappa shape index (κ2) is 4.38. The molecule has 0 saturated carbocycles. The number of fused-ring (bicyclic) bond motifs is 1. The van der Waals surface area contributed by atoms with Crippen molar-refractivity contribution >= 4 is 27.4 Å². The van der Waals surface area contributed by atoms with E-state index in [0.717, 1.165) is 26.9 Å². The first-order chi connectivity index (χ1) is 9.08. The van der Waals surface area contributed by atoms with Crippen molar-refractivity contribution < 1.29 is 0 Å². The number of nitrogens with zero attached hydrogens (tertiary/aromatic N) is 2. The Labute approximate surface area is 120 Å². The molecule has 3 aromatic rings. The van der Waals surface area contributed by atoms with Crippen molar-refractivity contribution in [3.8, 4) is 11.3 Å². The molecular formula is C15H14BrN3. The number of anilines is 1. The van der Waals surface area contributed by atoms with Gasteiger partial charge in [0.25, 0.3) is 0 Å². The lowest BCUT2D eigenvalue weighted by atomic mass is 10.1. The quantitative estimate of drug-likeness (QED) is 0.738. The highest BCUT2D eigenvalue weighted by Crippen LogP contribution is 2.33. The van der Waals surface area contributed by atoms with E-state index in [4.69, 9.17) is 5.73 Å². The first kappa shape index (κ1) is 12.2. The fourth-order valence-corrected chi connectivity index (χ4v) is 2.91. The summed E-state index contributed by atoms with van der Waals surface area (Å²) >= 11 is 3.59. The van der Waals surface area contributed by atoms with Gasteiger partial charge in [0.05, 0.1) is 0 Å². The van der Waals surface area contributed by atoms with E-state index in [1.807, 2.05) is 35.7 Å². The average Bonchev–Trinajstić information content (AvgIpc) is 2.69. The topological polar surface area (TPSA) is 43.3 Å². The first-order valence-electron chi connectivity index (χ1n) is 6.07. The molecule has 0 aliphatic carbocycles. The number of imidazole rings is 1.